The van der Waals surface area contributed by atoms with Crippen molar-refractivity contribution in [3.8, 4) is 0 Å². The van der Waals surface area contributed by atoms with E-state index in [1.807, 2.05) is 25.1 Å². The number of carbonyl (C=O) groups excluding carboxylic acids is 1. The molecule has 1 aliphatic carbocycles. The van der Waals surface area contributed by atoms with E-state index in [0.717, 1.165) is 35.0 Å². The van der Waals surface area contributed by atoms with Gasteiger partial charge in [0.15, 0.2) is 0 Å². The fourth-order valence-electron chi connectivity index (χ4n) is 2.30. The van der Waals surface area contributed by atoms with Crippen LogP contribution in [0.2, 0.25) is 5.02 Å². The molecule has 0 bridgehead atoms. The summed E-state index contributed by atoms with van der Waals surface area (Å²) in [6, 6.07) is 5.97. The second kappa shape index (κ2) is 3.46. The average molecular weight is 247 g/mol. The van der Waals surface area contributed by atoms with Gasteiger partial charge in [-0.05, 0) is 38.0 Å². The van der Waals surface area contributed by atoms with E-state index in [1.165, 1.54) is 0 Å². The lowest BCUT2D eigenvalue weighted by molar-refractivity contribution is 0.556. The minimum absolute atomic E-state index is 0.411. The minimum Gasteiger partial charge on any atom is -0.359 e. The van der Waals surface area contributed by atoms with E-state index in [0.29, 0.717) is 5.02 Å². The molecular weight excluding hydrogens is 236 g/mol. The second-order valence-electron chi connectivity index (χ2n) is 4.61. The number of isocyanates is 1. The Labute approximate surface area is 104 Å². The predicted molar refractivity (Wildman–Crippen MR) is 67.1 cm³/mol. The van der Waals surface area contributed by atoms with Crippen LogP contribution in [0.4, 0.5) is 0 Å². The van der Waals surface area contributed by atoms with E-state index in [4.69, 9.17) is 11.6 Å². The smallest absolute Gasteiger partial charge is 0.235 e. The highest BCUT2D eigenvalue weighted by molar-refractivity contribution is 6.32. The zero-order valence-electron chi connectivity index (χ0n) is 9.38. The number of hydrogen-bond acceptors (Lipinski definition) is 2. The standard InChI is InChI=1S/C13H11ClN2O/c1-8-4-9-5-11(14)10(6-12(9)16-8)13(2-3-13)15-7-17/h4-6,16H,2-3H2,1H3. The summed E-state index contributed by atoms with van der Waals surface area (Å²) in [5.41, 5.74) is 2.65. The number of nitrogens with one attached hydrogen (secondary N) is 1. The molecule has 2 aromatic rings. The van der Waals surface area contributed by atoms with Crippen LogP contribution in [0, 0.1) is 6.92 Å². The van der Waals surface area contributed by atoms with Crippen LogP contribution in [0.1, 0.15) is 24.1 Å². The second-order valence-corrected chi connectivity index (χ2v) is 5.01. The molecule has 17 heavy (non-hydrogen) atoms. The van der Waals surface area contributed by atoms with Crippen LogP contribution in [0.25, 0.3) is 10.9 Å². The normalized spacial score (nSPS) is 16.8. The Balaban J connectivity index is 2.23. The predicted octanol–water partition coefficient (Wildman–Crippen LogP) is 3.45. The highest BCUT2D eigenvalue weighted by Gasteiger charge is 2.46. The van der Waals surface area contributed by atoms with Crippen LogP contribution in [-0.2, 0) is 10.3 Å². The van der Waals surface area contributed by atoms with Crippen LogP contribution >= 0.6 is 11.6 Å². The van der Waals surface area contributed by atoms with Crippen molar-refractivity contribution >= 4 is 28.6 Å². The number of benzene rings is 1. The number of hydrogen-bond donors (Lipinski definition) is 1. The van der Waals surface area contributed by atoms with Crippen molar-refractivity contribution in [3.05, 3.63) is 34.5 Å². The van der Waals surface area contributed by atoms with Gasteiger partial charge in [-0.1, -0.05) is 11.6 Å². The van der Waals surface area contributed by atoms with Gasteiger partial charge in [0.2, 0.25) is 6.08 Å². The number of aromatic amines is 1. The number of fused-ring (bicyclic) bond motifs is 1. The molecule has 3 rings (SSSR count). The molecule has 1 heterocycles. The van der Waals surface area contributed by atoms with Gasteiger partial charge in [-0.25, -0.2) is 4.79 Å². The van der Waals surface area contributed by atoms with E-state index in [-0.39, 0.29) is 0 Å². The number of aromatic nitrogens is 1. The van der Waals surface area contributed by atoms with Crippen LogP contribution in [0.15, 0.2) is 23.2 Å². The molecule has 1 aromatic heterocycles. The molecule has 3 nitrogen and oxygen atoms in total. The lowest BCUT2D eigenvalue weighted by Gasteiger charge is -2.10. The van der Waals surface area contributed by atoms with Crippen molar-refractivity contribution in [3.63, 3.8) is 0 Å². The quantitative estimate of drug-likeness (QED) is 0.640. The number of halogens is 1. The maximum absolute atomic E-state index is 10.5. The Kier molecular flexibility index (Phi) is 2.15. The number of aliphatic imine (C=N–C) groups is 1. The third kappa shape index (κ3) is 1.59. The zero-order chi connectivity index (χ0) is 12.0. The highest BCUT2D eigenvalue weighted by atomic mass is 35.5. The van der Waals surface area contributed by atoms with Crippen molar-refractivity contribution in [1.29, 1.82) is 0 Å². The van der Waals surface area contributed by atoms with E-state index in [2.05, 4.69) is 9.98 Å². The third-order valence-electron chi connectivity index (χ3n) is 3.33. The molecule has 0 spiro atoms. The molecule has 0 amide bonds. The third-order valence-corrected chi connectivity index (χ3v) is 3.64. The van der Waals surface area contributed by atoms with E-state index < -0.39 is 5.54 Å². The Morgan fingerprint density at radius 1 is 1.41 bits per heavy atom. The van der Waals surface area contributed by atoms with Crippen molar-refractivity contribution in [2.45, 2.75) is 25.3 Å². The van der Waals surface area contributed by atoms with E-state index >= 15 is 0 Å². The Morgan fingerprint density at radius 2 is 2.18 bits per heavy atom. The van der Waals surface area contributed by atoms with Crippen molar-refractivity contribution in [2.24, 2.45) is 4.99 Å². The molecule has 0 unspecified atom stereocenters. The number of aryl methyl sites for hydroxylation is 1. The summed E-state index contributed by atoms with van der Waals surface area (Å²) in [5.74, 6) is 0. The topological polar surface area (TPSA) is 45.2 Å². The molecule has 86 valence electrons. The highest BCUT2D eigenvalue weighted by Crippen LogP contribution is 2.52. The molecular formula is C13H11ClN2O. The summed E-state index contributed by atoms with van der Waals surface area (Å²) in [5, 5.41) is 1.76. The molecule has 1 N–H and O–H groups in total. The lowest BCUT2D eigenvalue weighted by atomic mass is 10.0. The Bertz CT molecular complexity index is 649. The van der Waals surface area contributed by atoms with E-state index in [1.54, 1.807) is 6.08 Å². The van der Waals surface area contributed by atoms with Crippen molar-refractivity contribution in [1.82, 2.24) is 4.98 Å². The van der Waals surface area contributed by atoms with Gasteiger partial charge >= 0.3 is 0 Å². The first kappa shape index (κ1) is 10.6. The molecule has 0 radical (unpaired) electrons. The van der Waals surface area contributed by atoms with Crippen molar-refractivity contribution in [2.75, 3.05) is 0 Å². The molecule has 4 heteroatoms. The SMILES string of the molecule is Cc1cc2cc(Cl)c(C3(N=C=O)CC3)cc2[nH]1. The first-order valence-corrected chi connectivity index (χ1v) is 5.91. The van der Waals surface area contributed by atoms with Gasteiger partial charge in [0.1, 0.15) is 0 Å². The molecule has 1 aliphatic rings. The summed E-state index contributed by atoms with van der Waals surface area (Å²) in [6.07, 6.45) is 3.39. The summed E-state index contributed by atoms with van der Waals surface area (Å²) in [4.78, 5) is 17.6. The fourth-order valence-corrected chi connectivity index (χ4v) is 2.65. The van der Waals surface area contributed by atoms with Crippen LogP contribution in [-0.4, -0.2) is 11.1 Å². The van der Waals surface area contributed by atoms with Gasteiger partial charge in [0.25, 0.3) is 0 Å². The minimum atomic E-state index is -0.411. The van der Waals surface area contributed by atoms with Gasteiger partial charge in [0.05, 0.1) is 5.54 Å². The number of H-pyrrole nitrogens is 1. The largest absolute Gasteiger partial charge is 0.359 e. The summed E-state index contributed by atoms with van der Waals surface area (Å²) < 4.78 is 0. The maximum Gasteiger partial charge on any atom is 0.235 e. The summed E-state index contributed by atoms with van der Waals surface area (Å²) in [7, 11) is 0. The first-order valence-electron chi connectivity index (χ1n) is 5.53. The van der Waals surface area contributed by atoms with Gasteiger partial charge in [-0.3, -0.25) is 0 Å². The summed E-state index contributed by atoms with van der Waals surface area (Å²) >= 11 is 6.27. The molecule has 0 saturated heterocycles. The fraction of sp³-hybridized carbons (Fsp3) is 0.308. The molecule has 0 aliphatic heterocycles. The van der Waals surface area contributed by atoms with Gasteiger partial charge in [-0.2, -0.15) is 4.99 Å². The molecule has 1 fully saturated rings. The maximum atomic E-state index is 10.5. The average Bonchev–Trinajstić information content (AvgIpc) is 2.94. The monoisotopic (exact) mass is 246 g/mol. The lowest BCUT2D eigenvalue weighted by Crippen LogP contribution is -2.03. The molecule has 0 atom stereocenters. The molecule has 1 saturated carbocycles. The van der Waals surface area contributed by atoms with Crippen molar-refractivity contribution < 1.29 is 4.79 Å². The Morgan fingerprint density at radius 3 is 2.82 bits per heavy atom. The zero-order valence-corrected chi connectivity index (χ0v) is 10.1. The van der Waals surface area contributed by atoms with Crippen LogP contribution in [0.5, 0.6) is 0 Å². The van der Waals surface area contributed by atoms with Gasteiger partial charge in [0, 0.05) is 27.2 Å². The van der Waals surface area contributed by atoms with Crippen LogP contribution in [0.3, 0.4) is 0 Å². The van der Waals surface area contributed by atoms with Crippen LogP contribution < -0.4 is 0 Å². The van der Waals surface area contributed by atoms with Gasteiger partial charge in [-0.15, -0.1) is 0 Å². The van der Waals surface area contributed by atoms with E-state index in [9.17, 15) is 4.79 Å². The first-order chi connectivity index (χ1) is 8.14. The van der Waals surface area contributed by atoms with Gasteiger partial charge < -0.3 is 4.98 Å². The number of nitrogens with zero attached hydrogens (tertiary/aromatic N) is 1. The molecule has 1 aromatic carbocycles. The number of rotatable bonds is 2. The Hall–Kier alpha value is -1.57. The summed E-state index contributed by atoms with van der Waals surface area (Å²) in [6.45, 7) is 2.00.